The van der Waals surface area contributed by atoms with E-state index in [1.54, 1.807) is 18.2 Å². The van der Waals surface area contributed by atoms with Crippen LogP contribution in [0, 0.1) is 0 Å². The molecular weight excluding hydrogens is 276 g/mol. The van der Waals surface area contributed by atoms with Crippen molar-refractivity contribution >= 4 is 17.7 Å². The third-order valence-corrected chi connectivity index (χ3v) is 2.81. The smallest absolute Gasteiger partial charge is 0.326 e. The summed E-state index contributed by atoms with van der Waals surface area (Å²) in [5.41, 5.74) is 0.486. The van der Waals surface area contributed by atoms with Gasteiger partial charge >= 0.3 is 12.0 Å². The Balaban J connectivity index is 1.99. The standard InChI is InChI=1S/C14H16N2O5/c1-2-3-10(13(17)18)16-14(19)15-9-4-5-11-12(8-9)21-7-6-20-11/h2,4-5,8,10H,1,3,6-7H2,(H,17,18)(H2,15,16,19). The van der Waals surface area contributed by atoms with Gasteiger partial charge in [0.2, 0.25) is 0 Å². The van der Waals surface area contributed by atoms with E-state index in [2.05, 4.69) is 17.2 Å². The van der Waals surface area contributed by atoms with Crippen molar-refractivity contribution < 1.29 is 24.2 Å². The topological polar surface area (TPSA) is 96.9 Å². The fourth-order valence-electron chi connectivity index (χ4n) is 1.83. The van der Waals surface area contributed by atoms with Crippen LogP contribution in [-0.4, -0.2) is 36.4 Å². The van der Waals surface area contributed by atoms with E-state index in [1.807, 2.05) is 0 Å². The van der Waals surface area contributed by atoms with Crippen molar-refractivity contribution in [2.45, 2.75) is 12.5 Å². The van der Waals surface area contributed by atoms with Crippen molar-refractivity contribution in [2.75, 3.05) is 18.5 Å². The van der Waals surface area contributed by atoms with Crippen LogP contribution >= 0.6 is 0 Å². The molecule has 1 atom stereocenters. The number of nitrogens with one attached hydrogen (secondary N) is 2. The van der Waals surface area contributed by atoms with Gasteiger partial charge in [0.25, 0.3) is 0 Å². The number of fused-ring (bicyclic) bond motifs is 1. The quantitative estimate of drug-likeness (QED) is 0.716. The predicted octanol–water partition coefficient (Wildman–Crippen LogP) is 1.61. The molecule has 1 aliphatic rings. The molecule has 112 valence electrons. The molecule has 2 rings (SSSR count). The zero-order valence-electron chi connectivity index (χ0n) is 11.3. The van der Waals surface area contributed by atoms with Crippen LogP contribution in [0.3, 0.4) is 0 Å². The number of benzene rings is 1. The van der Waals surface area contributed by atoms with E-state index in [4.69, 9.17) is 14.6 Å². The Bertz CT molecular complexity index is 558. The molecule has 0 fully saturated rings. The average Bonchev–Trinajstić information content (AvgIpc) is 2.46. The molecule has 0 saturated carbocycles. The zero-order valence-corrected chi connectivity index (χ0v) is 11.3. The monoisotopic (exact) mass is 292 g/mol. The van der Waals surface area contributed by atoms with Crippen LogP contribution in [0.5, 0.6) is 11.5 Å². The number of amides is 2. The molecule has 21 heavy (non-hydrogen) atoms. The van der Waals surface area contributed by atoms with E-state index in [9.17, 15) is 9.59 Å². The third kappa shape index (κ3) is 3.88. The largest absolute Gasteiger partial charge is 0.486 e. The molecule has 1 heterocycles. The number of carbonyl (C=O) groups excluding carboxylic acids is 1. The van der Waals surface area contributed by atoms with E-state index in [0.29, 0.717) is 30.4 Å². The zero-order chi connectivity index (χ0) is 15.2. The number of aliphatic carboxylic acids is 1. The van der Waals surface area contributed by atoms with Crippen molar-refractivity contribution in [2.24, 2.45) is 0 Å². The summed E-state index contributed by atoms with van der Waals surface area (Å²) in [6.45, 7) is 4.39. The SMILES string of the molecule is C=CCC(NC(=O)Nc1ccc2c(c1)OCCO2)C(=O)O. The Morgan fingerprint density at radius 3 is 2.71 bits per heavy atom. The highest BCUT2D eigenvalue weighted by atomic mass is 16.6. The van der Waals surface area contributed by atoms with Crippen LogP contribution in [0.1, 0.15) is 6.42 Å². The minimum absolute atomic E-state index is 0.143. The molecule has 0 radical (unpaired) electrons. The Morgan fingerprint density at radius 1 is 1.33 bits per heavy atom. The van der Waals surface area contributed by atoms with Gasteiger partial charge in [-0.15, -0.1) is 6.58 Å². The van der Waals surface area contributed by atoms with E-state index in [-0.39, 0.29) is 6.42 Å². The average molecular weight is 292 g/mol. The van der Waals surface area contributed by atoms with Crippen molar-refractivity contribution in [3.63, 3.8) is 0 Å². The number of carboxylic acids is 1. The van der Waals surface area contributed by atoms with Gasteiger partial charge in [-0.1, -0.05) is 6.08 Å². The van der Waals surface area contributed by atoms with Gasteiger partial charge in [-0.05, 0) is 18.6 Å². The van der Waals surface area contributed by atoms with Gasteiger partial charge in [0.05, 0.1) is 0 Å². The molecule has 3 N–H and O–H groups in total. The maximum absolute atomic E-state index is 11.8. The summed E-state index contributed by atoms with van der Waals surface area (Å²) < 4.78 is 10.8. The summed E-state index contributed by atoms with van der Waals surface area (Å²) >= 11 is 0. The second-order valence-electron chi connectivity index (χ2n) is 4.37. The van der Waals surface area contributed by atoms with Crippen molar-refractivity contribution in [1.82, 2.24) is 5.32 Å². The maximum Gasteiger partial charge on any atom is 0.326 e. The molecule has 0 saturated heterocycles. The number of hydrogen-bond acceptors (Lipinski definition) is 4. The van der Waals surface area contributed by atoms with Crippen LogP contribution in [-0.2, 0) is 4.79 Å². The Kier molecular flexibility index (Phi) is 4.65. The van der Waals surface area contributed by atoms with E-state index in [0.717, 1.165) is 0 Å². The number of carbonyl (C=O) groups is 2. The molecule has 2 amide bonds. The van der Waals surface area contributed by atoms with Gasteiger partial charge in [-0.25, -0.2) is 9.59 Å². The Morgan fingerprint density at radius 2 is 2.05 bits per heavy atom. The third-order valence-electron chi connectivity index (χ3n) is 2.81. The first-order valence-electron chi connectivity index (χ1n) is 6.41. The normalized spacial score (nSPS) is 13.9. The summed E-state index contributed by atoms with van der Waals surface area (Å²) in [5.74, 6) is 0.0365. The molecule has 1 unspecified atom stereocenters. The highest BCUT2D eigenvalue weighted by Gasteiger charge is 2.19. The lowest BCUT2D eigenvalue weighted by Gasteiger charge is -2.19. The van der Waals surface area contributed by atoms with Crippen LogP contribution in [0.4, 0.5) is 10.5 Å². The van der Waals surface area contributed by atoms with Gasteiger partial charge in [0.1, 0.15) is 19.3 Å². The lowest BCUT2D eigenvalue weighted by atomic mass is 10.2. The molecule has 0 aliphatic carbocycles. The van der Waals surface area contributed by atoms with Crippen molar-refractivity contribution in [3.8, 4) is 11.5 Å². The molecule has 0 bridgehead atoms. The van der Waals surface area contributed by atoms with E-state index >= 15 is 0 Å². The lowest BCUT2D eigenvalue weighted by molar-refractivity contribution is -0.139. The van der Waals surface area contributed by atoms with Crippen LogP contribution in [0.25, 0.3) is 0 Å². The molecule has 1 aromatic carbocycles. The van der Waals surface area contributed by atoms with Gasteiger partial charge in [0.15, 0.2) is 11.5 Å². The number of carboxylic acid groups (broad SMARTS) is 1. The van der Waals surface area contributed by atoms with Gasteiger partial charge in [-0.2, -0.15) is 0 Å². The Labute approximate surface area is 121 Å². The summed E-state index contributed by atoms with van der Waals surface area (Å²) in [6, 6.07) is 3.33. The second-order valence-corrected chi connectivity index (χ2v) is 4.37. The number of urea groups is 1. The van der Waals surface area contributed by atoms with E-state index in [1.165, 1.54) is 6.08 Å². The molecule has 7 nitrogen and oxygen atoms in total. The summed E-state index contributed by atoms with van der Waals surface area (Å²) in [5, 5.41) is 13.9. The number of anilines is 1. The van der Waals surface area contributed by atoms with E-state index < -0.39 is 18.0 Å². The summed E-state index contributed by atoms with van der Waals surface area (Å²) in [7, 11) is 0. The highest BCUT2D eigenvalue weighted by Crippen LogP contribution is 2.32. The lowest BCUT2D eigenvalue weighted by Crippen LogP contribution is -2.42. The number of hydrogen-bond donors (Lipinski definition) is 3. The van der Waals surface area contributed by atoms with Crippen LogP contribution in [0.2, 0.25) is 0 Å². The minimum atomic E-state index is -1.12. The first-order valence-corrected chi connectivity index (χ1v) is 6.41. The molecule has 0 spiro atoms. The first-order chi connectivity index (χ1) is 10.1. The van der Waals surface area contributed by atoms with Crippen molar-refractivity contribution in [3.05, 3.63) is 30.9 Å². The number of rotatable bonds is 5. The molecule has 7 heteroatoms. The molecule has 1 aliphatic heterocycles. The second kappa shape index (κ2) is 6.65. The van der Waals surface area contributed by atoms with Crippen LogP contribution in [0.15, 0.2) is 30.9 Å². The van der Waals surface area contributed by atoms with Gasteiger partial charge in [-0.3, -0.25) is 0 Å². The first kappa shape index (κ1) is 14.7. The predicted molar refractivity (Wildman–Crippen MR) is 75.8 cm³/mol. The highest BCUT2D eigenvalue weighted by molar-refractivity contribution is 5.92. The van der Waals surface area contributed by atoms with Gasteiger partial charge in [0, 0.05) is 11.8 Å². The van der Waals surface area contributed by atoms with Crippen molar-refractivity contribution in [1.29, 1.82) is 0 Å². The summed E-state index contributed by atoms with van der Waals surface area (Å²) in [6.07, 6.45) is 1.58. The molecular formula is C14H16N2O5. The van der Waals surface area contributed by atoms with Crippen LogP contribution < -0.4 is 20.1 Å². The number of ether oxygens (including phenoxy) is 2. The fraction of sp³-hybridized carbons (Fsp3) is 0.286. The minimum Gasteiger partial charge on any atom is -0.486 e. The molecule has 0 aromatic heterocycles. The maximum atomic E-state index is 11.8. The Hall–Kier alpha value is -2.70. The van der Waals surface area contributed by atoms with Gasteiger partial charge < -0.3 is 25.2 Å². The fourth-order valence-corrected chi connectivity index (χ4v) is 1.83. The summed E-state index contributed by atoms with van der Waals surface area (Å²) in [4.78, 5) is 22.7. The molecule has 1 aromatic rings.